The standard InChI is InChI=1S/C26H27N3O3/c1-16-12-18-8-9-19(24(27)28-25(31)32-26(2,3)4)14-23(18)29(16)15-20-7-5-6-17-13-21(30)10-11-22(17)20/h5-14,30H,15H2,1-4H3,(H2,27,28,31). The molecule has 32 heavy (non-hydrogen) atoms. The number of phenolic OH excluding ortho intramolecular Hbond substituents is 1. The second kappa shape index (κ2) is 8.04. The molecule has 1 aromatic heterocycles. The predicted octanol–water partition coefficient (Wildman–Crippen LogP) is 5.50. The first-order valence-electron chi connectivity index (χ1n) is 10.5. The number of ether oxygens (including phenoxy) is 1. The van der Waals surface area contributed by atoms with Crippen LogP contribution >= 0.6 is 0 Å². The first kappa shape index (κ1) is 21.4. The topological polar surface area (TPSA) is 89.8 Å². The molecule has 0 aliphatic carbocycles. The van der Waals surface area contributed by atoms with E-state index < -0.39 is 11.7 Å². The van der Waals surface area contributed by atoms with Gasteiger partial charge in [0.05, 0.1) is 0 Å². The first-order valence-corrected chi connectivity index (χ1v) is 10.5. The maximum Gasteiger partial charge on any atom is 0.436 e. The highest BCUT2D eigenvalue weighted by Crippen LogP contribution is 2.27. The first-order chi connectivity index (χ1) is 15.1. The minimum absolute atomic E-state index is 0.118. The Morgan fingerprint density at radius 3 is 2.59 bits per heavy atom. The van der Waals surface area contributed by atoms with Crippen LogP contribution < -0.4 is 5.73 Å². The highest BCUT2D eigenvalue weighted by molar-refractivity contribution is 6.05. The van der Waals surface area contributed by atoms with E-state index in [0.717, 1.165) is 32.9 Å². The van der Waals surface area contributed by atoms with Gasteiger partial charge in [0.15, 0.2) is 0 Å². The van der Waals surface area contributed by atoms with E-state index in [2.05, 4.69) is 28.6 Å². The Morgan fingerprint density at radius 1 is 1.06 bits per heavy atom. The molecule has 3 aromatic carbocycles. The summed E-state index contributed by atoms with van der Waals surface area (Å²) in [5.41, 5.74) is 9.39. The molecule has 0 saturated heterocycles. The lowest BCUT2D eigenvalue weighted by Gasteiger charge is -2.17. The van der Waals surface area contributed by atoms with Crippen molar-refractivity contribution in [2.45, 2.75) is 39.8 Å². The third-order valence-corrected chi connectivity index (χ3v) is 5.30. The number of hydrogen-bond acceptors (Lipinski definition) is 3. The van der Waals surface area contributed by atoms with Crippen molar-refractivity contribution in [2.24, 2.45) is 10.7 Å². The van der Waals surface area contributed by atoms with E-state index in [-0.39, 0.29) is 11.6 Å². The molecule has 0 aliphatic rings. The Kier molecular flexibility index (Phi) is 5.38. The molecule has 0 bridgehead atoms. The number of rotatable bonds is 3. The molecule has 1 amide bonds. The number of fused-ring (bicyclic) bond motifs is 2. The molecule has 6 heteroatoms. The number of nitrogens with two attached hydrogens (primary N) is 1. The second-order valence-electron chi connectivity index (χ2n) is 8.95. The van der Waals surface area contributed by atoms with Crippen molar-refractivity contribution in [3.63, 3.8) is 0 Å². The maximum absolute atomic E-state index is 12.1. The van der Waals surface area contributed by atoms with E-state index in [1.54, 1.807) is 32.9 Å². The number of aromatic nitrogens is 1. The molecule has 0 fully saturated rings. The summed E-state index contributed by atoms with van der Waals surface area (Å²) >= 11 is 0. The number of nitrogens with zero attached hydrogens (tertiary/aromatic N) is 2. The van der Waals surface area contributed by atoms with Gasteiger partial charge in [-0.2, -0.15) is 4.99 Å². The van der Waals surface area contributed by atoms with Gasteiger partial charge in [-0.3, -0.25) is 0 Å². The van der Waals surface area contributed by atoms with Crippen molar-refractivity contribution in [3.8, 4) is 5.75 Å². The molecular formula is C26H27N3O3. The lowest BCUT2D eigenvalue weighted by molar-refractivity contribution is 0.0604. The molecule has 0 unspecified atom stereocenters. The number of carbonyl (C=O) groups excluding carboxylic acids is 1. The fraction of sp³-hybridized carbons (Fsp3) is 0.231. The number of phenols is 1. The summed E-state index contributed by atoms with van der Waals surface area (Å²) in [4.78, 5) is 16.0. The Balaban J connectivity index is 1.72. The van der Waals surface area contributed by atoms with Crippen LogP contribution in [0, 0.1) is 6.92 Å². The van der Waals surface area contributed by atoms with Crippen molar-refractivity contribution >= 4 is 33.6 Å². The zero-order valence-corrected chi connectivity index (χ0v) is 18.7. The van der Waals surface area contributed by atoms with Crippen molar-refractivity contribution in [3.05, 3.63) is 77.5 Å². The molecule has 0 saturated carbocycles. The van der Waals surface area contributed by atoms with E-state index in [4.69, 9.17) is 10.5 Å². The summed E-state index contributed by atoms with van der Waals surface area (Å²) in [6.07, 6.45) is -0.708. The van der Waals surface area contributed by atoms with Gasteiger partial charge >= 0.3 is 6.09 Å². The number of benzene rings is 3. The Labute approximate surface area is 186 Å². The van der Waals surface area contributed by atoms with Crippen LogP contribution in [0.4, 0.5) is 4.79 Å². The normalized spacial score (nSPS) is 12.4. The summed E-state index contributed by atoms with van der Waals surface area (Å²) in [7, 11) is 0. The van der Waals surface area contributed by atoms with Crippen LogP contribution in [0.25, 0.3) is 21.7 Å². The number of aryl methyl sites for hydroxylation is 1. The molecule has 0 aliphatic heterocycles. The summed E-state index contributed by atoms with van der Waals surface area (Å²) < 4.78 is 7.45. The second-order valence-corrected chi connectivity index (χ2v) is 8.95. The number of aliphatic imine (C=N–C) groups is 1. The zero-order valence-electron chi connectivity index (χ0n) is 18.7. The minimum Gasteiger partial charge on any atom is -0.508 e. The van der Waals surface area contributed by atoms with E-state index in [9.17, 15) is 9.90 Å². The zero-order chi connectivity index (χ0) is 23.0. The third-order valence-electron chi connectivity index (χ3n) is 5.30. The van der Waals surface area contributed by atoms with Crippen LogP contribution in [0.5, 0.6) is 5.75 Å². The molecule has 0 radical (unpaired) electrons. The Hall–Kier alpha value is -3.80. The maximum atomic E-state index is 12.1. The SMILES string of the molecule is Cc1cc2ccc(/C(N)=N/C(=O)OC(C)(C)C)cc2n1Cc1cccc2cc(O)ccc12. The number of carbonyl (C=O) groups is 1. The fourth-order valence-electron chi connectivity index (χ4n) is 3.86. The molecule has 6 nitrogen and oxygen atoms in total. The Morgan fingerprint density at radius 2 is 1.84 bits per heavy atom. The summed E-state index contributed by atoms with van der Waals surface area (Å²) in [6, 6.07) is 19.4. The summed E-state index contributed by atoms with van der Waals surface area (Å²) in [6.45, 7) is 8.08. The fourth-order valence-corrected chi connectivity index (χ4v) is 3.86. The molecule has 164 valence electrons. The number of aromatic hydroxyl groups is 1. The highest BCUT2D eigenvalue weighted by atomic mass is 16.6. The smallest absolute Gasteiger partial charge is 0.436 e. The quantitative estimate of drug-likeness (QED) is 0.332. The van der Waals surface area contributed by atoms with Crippen molar-refractivity contribution < 1.29 is 14.6 Å². The lowest BCUT2D eigenvalue weighted by Crippen LogP contribution is -2.24. The van der Waals surface area contributed by atoms with Gasteiger partial charge in [-0.05, 0) is 73.7 Å². The van der Waals surface area contributed by atoms with Crippen molar-refractivity contribution in [1.29, 1.82) is 0 Å². The Bertz CT molecular complexity index is 1360. The van der Waals surface area contributed by atoms with Crippen LogP contribution in [0.1, 0.15) is 37.6 Å². The van der Waals surface area contributed by atoms with Gasteiger partial charge in [0.2, 0.25) is 0 Å². The summed E-state index contributed by atoms with van der Waals surface area (Å²) in [5, 5.41) is 13.0. The average molecular weight is 430 g/mol. The van der Waals surface area contributed by atoms with E-state index in [1.807, 2.05) is 36.4 Å². The number of hydrogen-bond donors (Lipinski definition) is 2. The van der Waals surface area contributed by atoms with Crippen molar-refractivity contribution in [2.75, 3.05) is 0 Å². The minimum atomic E-state index is -0.708. The van der Waals surface area contributed by atoms with Crippen LogP contribution in [0.2, 0.25) is 0 Å². The largest absolute Gasteiger partial charge is 0.508 e. The van der Waals surface area contributed by atoms with Gasteiger partial charge < -0.3 is 20.1 Å². The highest BCUT2D eigenvalue weighted by Gasteiger charge is 2.17. The molecule has 0 spiro atoms. The number of amides is 1. The summed E-state index contributed by atoms with van der Waals surface area (Å²) in [5.74, 6) is 0.369. The van der Waals surface area contributed by atoms with E-state index in [0.29, 0.717) is 12.1 Å². The van der Waals surface area contributed by atoms with Crippen LogP contribution in [-0.4, -0.2) is 27.2 Å². The van der Waals surface area contributed by atoms with E-state index in [1.165, 1.54) is 0 Å². The lowest BCUT2D eigenvalue weighted by atomic mass is 10.0. The molecule has 3 N–H and O–H groups in total. The van der Waals surface area contributed by atoms with Gasteiger partial charge in [-0.25, -0.2) is 4.79 Å². The van der Waals surface area contributed by atoms with E-state index >= 15 is 0 Å². The molecule has 0 atom stereocenters. The van der Waals surface area contributed by atoms with Crippen molar-refractivity contribution in [1.82, 2.24) is 4.57 Å². The monoisotopic (exact) mass is 429 g/mol. The predicted molar refractivity (Wildman–Crippen MR) is 128 cm³/mol. The number of amidine groups is 1. The van der Waals surface area contributed by atoms with Crippen LogP contribution in [-0.2, 0) is 11.3 Å². The average Bonchev–Trinajstić information content (AvgIpc) is 3.01. The van der Waals surface area contributed by atoms with Gasteiger partial charge in [0.1, 0.15) is 17.2 Å². The van der Waals surface area contributed by atoms with Gasteiger partial charge in [0.25, 0.3) is 0 Å². The molecule has 4 aromatic rings. The molecular weight excluding hydrogens is 402 g/mol. The molecule has 1 heterocycles. The van der Waals surface area contributed by atoms with Gasteiger partial charge in [-0.15, -0.1) is 0 Å². The van der Waals surface area contributed by atoms with Crippen LogP contribution in [0.3, 0.4) is 0 Å². The van der Waals surface area contributed by atoms with Gasteiger partial charge in [0, 0.05) is 23.3 Å². The van der Waals surface area contributed by atoms with Crippen LogP contribution in [0.15, 0.2) is 65.7 Å². The third kappa shape index (κ3) is 4.44. The van der Waals surface area contributed by atoms with Gasteiger partial charge in [-0.1, -0.05) is 36.4 Å². The molecule has 4 rings (SSSR count).